The van der Waals surface area contributed by atoms with Crippen LogP contribution in [0.4, 0.5) is 4.39 Å². The number of likely N-dealkylation sites (tertiary alicyclic amines) is 1. The summed E-state index contributed by atoms with van der Waals surface area (Å²) in [7, 11) is 0. The molecule has 4 rings (SSSR count). The van der Waals surface area contributed by atoms with Crippen LogP contribution in [0.3, 0.4) is 0 Å². The molecule has 2 heterocycles. The van der Waals surface area contributed by atoms with Crippen LogP contribution in [0.25, 0.3) is 11.3 Å². The molecule has 1 fully saturated rings. The zero-order valence-electron chi connectivity index (χ0n) is 15.7. The number of amides is 1. The summed E-state index contributed by atoms with van der Waals surface area (Å²) in [5.74, 6) is 0.110. The van der Waals surface area contributed by atoms with E-state index in [0.717, 1.165) is 41.9 Å². The van der Waals surface area contributed by atoms with Gasteiger partial charge in [-0.2, -0.15) is 0 Å². The molecule has 1 aromatic heterocycles. The Hall–Kier alpha value is -3.01. The Bertz CT molecular complexity index is 958. The fraction of sp³-hybridized carbons (Fsp3) is 0.250. The predicted molar refractivity (Wildman–Crippen MR) is 108 cm³/mol. The van der Waals surface area contributed by atoms with Gasteiger partial charge in [0.25, 0.3) is 0 Å². The van der Waals surface area contributed by atoms with Gasteiger partial charge >= 0.3 is 0 Å². The van der Waals surface area contributed by atoms with Gasteiger partial charge in [0.05, 0.1) is 12.1 Å². The van der Waals surface area contributed by atoms with Crippen LogP contribution in [0.15, 0.2) is 72.8 Å². The molecule has 1 saturated heterocycles. The number of hydrogen-bond acceptors (Lipinski definition) is 2. The van der Waals surface area contributed by atoms with Crippen LogP contribution < -0.4 is 0 Å². The first-order valence-corrected chi connectivity index (χ1v) is 9.73. The Morgan fingerprint density at radius 2 is 1.86 bits per heavy atom. The minimum atomic E-state index is -0.264. The van der Waals surface area contributed by atoms with Crippen LogP contribution in [-0.4, -0.2) is 28.9 Å². The van der Waals surface area contributed by atoms with Crippen LogP contribution >= 0.6 is 0 Å². The van der Waals surface area contributed by atoms with E-state index in [9.17, 15) is 9.18 Å². The second-order valence-electron chi connectivity index (χ2n) is 7.30. The van der Waals surface area contributed by atoms with Crippen molar-refractivity contribution in [2.24, 2.45) is 0 Å². The Labute approximate surface area is 164 Å². The average Bonchev–Trinajstić information content (AvgIpc) is 2.75. The molecular formula is C24H23FN2O. The number of halogens is 1. The fourth-order valence-corrected chi connectivity index (χ4v) is 3.81. The molecule has 0 bridgehead atoms. The highest BCUT2D eigenvalue weighted by molar-refractivity contribution is 5.79. The highest BCUT2D eigenvalue weighted by Gasteiger charge is 2.25. The Morgan fingerprint density at radius 3 is 2.68 bits per heavy atom. The van der Waals surface area contributed by atoms with E-state index in [-0.39, 0.29) is 17.6 Å². The van der Waals surface area contributed by atoms with E-state index >= 15 is 0 Å². The maximum atomic E-state index is 13.6. The van der Waals surface area contributed by atoms with Crippen molar-refractivity contribution in [3.05, 3.63) is 89.9 Å². The van der Waals surface area contributed by atoms with E-state index in [4.69, 9.17) is 4.98 Å². The van der Waals surface area contributed by atoms with Crippen molar-refractivity contribution in [2.45, 2.75) is 25.2 Å². The highest BCUT2D eigenvalue weighted by Crippen LogP contribution is 2.28. The Morgan fingerprint density at radius 1 is 1.04 bits per heavy atom. The van der Waals surface area contributed by atoms with Crippen LogP contribution in [-0.2, 0) is 11.2 Å². The van der Waals surface area contributed by atoms with Crippen molar-refractivity contribution < 1.29 is 9.18 Å². The van der Waals surface area contributed by atoms with Crippen molar-refractivity contribution in [3.8, 4) is 11.3 Å². The van der Waals surface area contributed by atoms with Gasteiger partial charge in [-0.25, -0.2) is 4.39 Å². The van der Waals surface area contributed by atoms with Crippen molar-refractivity contribution in [1.82, 2.24) is 9.88 Å². The van der Waals surface area contributed by atoms with Crippen LogP contribution in [0.5, 0.6) is 0 Å². The molecule has 0 N–H and O–H groups in total. The van der Waals surface area contributed by atoms with Gasteiger partial charge in [0.15, 0.2) is 0 Å². The zero-order valence-corrected chi connectivity index (χ0v) is 15.7. The standard InChI is InChI=1S/C24H23FN2O/c25-21-11-4-9-19(16-21)22-12-5-13-23(26-22)20-10-6-14-27(17-20)24(28)15-18-7-2-1-3-8-18/h1-5,7-9,11-13,16,20H,6,10,14-15,17H2/t20-/m0/s1. The number of piperidine rings is 1. The predicted octanol–water partition coefficient (Wildman–Crippen LogP) is 4.84. The molecule has 0 saturated carbocycles. The summed E-state index contributed by atoms with van der Waals surface area (Å²) in [6.45, 7) is 1.48. The third-order valence-electron chi connectivity index (χ3n) is 5.28. The molecule has 3 nitrogen and oxygen atoms in total. The van der Waals surface area contributed by atoms with Gasteiger partial charge < -0.3 is 4.90 Å². The first-order chi connectivity index (χ1) is 13.7. The van der Waals surface area contributed by atoms with Crippen LogP contribution in [0, 0.1) is 5.82 Å². The second-order valence-corrected chi connectivity index (χ2v) is 7.30. The molecule has 2 aromatic carbocycles. The van der Waals surface area contributed by atoms with Crippen molar-refractivity contribution >= 4 is 5.91 Å². The topological polar surface area (TPSA) is 33.2 Å². The molecule has 0 unspecified atom stereocenters. The molecule has 3 aromatic rings. The first kappa shape index (κ1) is 18.4. The quantitative estimate of drug-likeness (QED) is 0.655. The summed E-state index contributed by atoms with van der Waals surface area (Å²) < 4.78 is 13.6. The Balaban J connectivity index is 1.49. The van der Waals surface area contributed by atoms with E-state index in [0.29, 0.717) is 13.0 Å². The average molecular weight is 374 g/mol. The number of hydrogen-bond donors (Lipinski definition) is 0. The lowest BCUT2D eigenvalue weighted by Crippen LogP contribution is -2.40. The summed E-state index contributed by atoms with van der Waals surface area (Å²) >= 11 is 0. The molecular weight excluding hydrogens is 351 g/mol. The van der Waals surface area contributed by atoms with E-state index in [1.807, 2.05) is 59.5 Å². The van der Waals surface area contributed by atoms with Crippen molar-refractivity contribution in [1.29, 1.82) is 0 Å². The molecule has 28 heavy (non-hydrogen) atoms. The summed E-state index contributed by atoms with van der Waals surface area (Å²) in [5, 5.41) is 0. The lowest BCUT2D eigenvalue weighted by Gasteiger charge is -2.32. The van der Waals surface area contributed by atoms with E-state index in [2.05, 4.69) is 0 Å². The number of carbonyl (C=O) groups is 1. The van der Waals surface area contributed by atoms with Gasteiger partial charge in [-0.05, 0) is 42.7 Å². The van der Waals surface area contributed by atoms with Gasteiger partial charge in [0, 0.05) is 30.3 Å². The van der Waals surface area contributed by atoms with Gasteiger partial charge in [-0.1, -0.05) is 48.5 Å². The number of pyridine rings is 1. The smallest absolute Gasteiger partial charge is 0.227 e. The third kappa shape index (κ3) is 4.28. The first-order valence-electron chi connectivity index (χ1n) is 9.73. The summed E-state index contributed by atoms with van der Waals surface area (Å²) in [6, 6.07) is 22.2. The lowest BCUT2D eigenvalue weighted by atomic mass is 9.93. The van der Waals surface area contributed by atoms with Gasteiger partial charge in [-0.3, -0.25) is 9.78 Å². The van der Waals surface area contributed by atoms with E-state index in [1.54, 1.807) is 6.07 Å². The lowest BCUT2D eigenvalue weighted by molar-refractivity contribution is -0.131. The maximum absolute atomic E-state index is 13.6. The molecule has 1 atom stereocenters. The monoisotopic (exact) mass is 374 g/mol. The number of rotatable bonds is 4. The van der Waals surface area contributed by atoms with Crippen molar-refractivity contribution in [2.75, 3.05) is 13.1 Å². The third-order valence-corrected chi connectivity index (χ3v) is 5.28. The molecule has 0 spiro atoms. The number of nitrogens with zero attached hydrogens (tertiary/aromatic N) is 2. The molecule has 142 valence electrons. The normalized spacial score (nSPS) is 16.8. The van der Waals surface area contributed by atoms with E-state index in [1.165, 1.54) is 12.1 Å². The molecule has 1 aliphatic rings. The SMILES string of the molecule is O=C(Cc1ccccc1)N1CCC[C@H](c2cccc(-c3cccc(F)c3)n2)C1. The molecule has 1 amide bonds. The van der Waals surface area contributed by atoms with Crippen molar-refractivity contribution in [3.63, 3.8) is 0 Å². The number of aromatic nitrogens is 1. The van der Waals surface area contributed by atoms with Crippen LogP contribution in [0.1, 0.15) is 30.0 Å². The summed E-state index contributed by atoms with van der Waals surface area (Å²) in [6.07, 6.45) is 2.41. The zero-order chi connectivity index (χ0) is 19.3. The number of carbonyl (C=O) groups excluding carboxylic acids is 1. The van der Waals surface area contributed by atoms with Gasteiger partial charge in [0.2, 0.25) is 5.91 Å². The largest absolute Gasteiger partial charge is 0.342 e. The minimum Gasteiger partial charge on any atom is -0.342 e. The Kier molecular flexibility index (Phi) is 5.47. The van der Waals surface area contributed by atoms with E-state index < -0.39 is 0 Å². The molecule has 0 aliphatic carbocycles. The van der Waals surface area contributed by atoms with Gasteiger partial charge in [-0.15, -0.1) is 0 Å². The number of benzene rings is 2. The maximum Gasteiger partial charge on any atom is 0.227 e. The summed E-state index contributed by atoms with van der Waals surface area (Å²) in [4.78, 5) is 19.5. The fourth-order valence-electron chi connectivity index (χ4n) is 3.81. The molecule has 0 radical (unpaired) electrons. The minimum absolute atomic E-state index is 0.164. The van der Waals surface area contributed by atoms with Crippen LogP contribution in [0.2, 0.25) is 0 Å². The summed E-state index contributed by atoms with van der Waals surface area (Å²) in [5.41, 5.74) is 3.55. The highest BCUT2D eigenvalue weighted by atomic mass is 19.1. The second kappa shape index (κ2) is 8.34. The molecule has 4 heteroatoms. The van der Waals surface area contributed by atoms with Gasteiger partial charge in [0.1, 0.15) is 5.82 Å². The molecule has 1 aliphatic heterocycles.